The first-order valence-corrected chi connectivity index (χ1v) is 6.93. The summed E-state index contributed by atoms with van der Waals surface area (Å²) in [6, 6.07) is 10.7. The molecule has 3 rings (SSSR count). The Hall–Kier alpha value is -1.61. The van der Waals surface area contributed by atoms with Crippen LogP contribution in [0.1, 0.15) is 24.8 Å². The van der Waals surface area contributed by atoms with E-state index in [9.17, 15) is 0 Å². The van der Waals surface area contributed by atoms with Crippen LogP contribution in [-0.4, -0.2) is 16.5 Å². The average molecular weight is 274 g/mol. The van der Waals surface area contributed by atoms with Gasteiger partial charge in [0.05, 0.1) is 12.4 Å². The zero-order valence-corrected chi connectivity index (χ0v) is 11.4. The topological polar surface area (TPSA) is 37.8 Å². The van der Waals surface area contributed by atoms with E-state index in [1.807, 2.05) is 0 Å². The summed E-state index contributed by atoms with van der Waals surface area (Å²) >= 11 is 5.85. The highest BCUT2D eigenvalue weighted by Crippen LogP contribution is 2.43. The number of hydrogen-bond donors (Lipinski definition) is 1. The Balaban J connectivity index is 1.74. The third-order valence-electron chi connectivity index (χ3n) is 3.91. The molecular formula is C15H16ClN3. The van der Waals surface area contributed by atoms with Crippen molar-refractivity contribution < 1.29 is 0 Å². The molecule has 1 fully saturated rings. The van der Waals surface area contributed by atoms with Crippen LogP contribution in [0.15, 0.2) is 42.7 Å². The van der Waals surface area contributed by atoms with Crippen LogP contribution < -0.4 is 5.32 Å². The molecule has 0 bridgehead atoms. The fraction of sp³-hybridized carbons (Fsp3) is 0.333. The number of benzene rings is 1. The molecule has 19 heavy (non-hydrogen) atoms. The number of anilines is 1. The molecule has 0 atom stereocenters. The quantitative estimate of drug-likeness (QED) is 0.924. The summed E-state index contributed by atoms with van der Waals surface area (Å²) in [7, 11) is 0. The molecule has 98 valence electrons. The van der Waals surface area contributed by atoms with Gasteiger partial charge in [-0.1, -0.05) is 48.4 Å². The lowest BCUT2D eigenvalue weighted by Crippen LogP contribution is -2.41. The second-order valence-electron chi connectivity index (χ2n) is 5.08. The molecule has 0 radical (unpaired) electrons. The smallest absolute Gasteiger partial charge is 0.149 e. The maximum Gasteiger partial charge on any atom is 0.149 e. The second-order valence-corrected chi connectivity index (χ2v) is 5.47. The van der Waals surface area contributed by atoms with Crippen LogP contribution in [0.5, 0.6) is 0 Å². The summed E-state index contributed by atoms with van der Waals surface area (Å²) in [6.07, 6.45) is 6.99. The summed E-state index contributed by atoms with van der Waals surface area (Å²) in [4.78, 5) is 8.26. The molecule has 1 heterocycles. The van der Waals surface area contributed by atoms with Crippen LogP contribution in [0.2, 0.25) is 5.15 Å². The van der Waals surface area contributed by atoms with Crippen molar-refractivity contribution in [1.82, 2.24) is 9.97 Å². The van der Waals surface area contributed by atoms with Gasteiger partial charge in [-0.05, 0) is 18.4 Å². The number of rotatable bonds is 4. The monoisotopic (exact) mass is 273 g/mol. The largest absolute Gasteiger partial charge is 0.368 e. The molecule has 0 aliphatic heterocycles. The molecule has 1 saturated carbocycles. The van der Waals surface area contributed by atoms with Crippen molar-refractivity contribution in [3.05, 3.63) is 53.4 Å². The fourth-order valence-electron chi connectivity index (χ4n) is 2.65. The van der Waals surface area contributed by atoms with Crippen molar-refractivity contribution in [2.24, 2.45) is 0 Å². The summed E-state index contributed by atoms with van der Waals surface area (Å²) < 4.78 is 0. The van der Waals surface area contributed by atoms with E-state index < -0.39 is 0 Å². The van der Waals surface area contributed by atoms with Crippen LogP contribution >= 0.6 is 11.6 Å². The maximum atomic E-state index is 5.85. The van der Waals surface area contributed by atoms with Crippen molar-refractivity contribution in [3.63, 3.8) is 0 Å². The Kier molecular flexibility index (Phi) is 3.38. The molecule has 1 aromatic heterocycles. The van der Waals surface area contributed by atoms with Gasteiger partial charge in [-0.25, -0.2) is 4.98 Å². The third kappa shape index (κ3) is 2.56. The van der Waals surface area contributed by atoms with Crippen LogP contribution in [0.4, 0.5) is 5.82 Å². The van der Waals surface area contributed by atoms with Gasteiger partial charge in [-0.15, -0.1) is 0 Å². The molecule has 3 nitrogen and oxygen atoms in total. The Morgan fingerprint density at radius 3 is 2.58 bits per heavy atom. The highest BCUT2D eigenvalue weighted by Gasteiger charge is 2.38. The highest BCUT2D eigenvalue weighted by atomic mass is 35.5. The van der Waals surface area contributed by atoms with E-state index >= 15 is 0 Å². The van der Waals surface area contributed by atoms with Crippen molar-refractivity contribution in [2.45, 2.75) is 24.7 Å². The van der Waals surface area contributed by atoms with E-state index in [1.54, 1.807) is 12.4 Å². The lowest BCUT2D eigenvalue weighted by molar-refractivity contribution is 0.260. The van der Waals surface area contributed by atoms with Gasteiger partial charge in [0.25, 0.3) is 0 Å². The molecule has 4 heteroatoms. The Bertz CT molecular complexity index is 552. The molecule has 1 aliphatic rings. The fourth-order valence-corrected chi connectivity index (χ4v) is 2.80. The Labute approximate surface area is 118 Å². The maximum absolute atomic E-state index is 5.85. The molecule has 0 spiro atoms. The first-order chi connectivity index (χ1) is 9.28. The minimum atomic E-state index is 0.241. The average Bonchev–Trinajstić information content (AvgIpc) is 2.39. The number of nitrogens with zero attached hydrogens (tertiary/aromatic N) is 2. The lowest BCUT2D eigenvalue weighted by atomic mass is 9.64. The zero-order valence-electron chi connectivity index (χ0n) is 10.6. The van der Waals surface area contributed by atoms with Gasteiger partial charge in [-0.3, -0.25) is 4.98 Å². The third-order valence-corrected chi connectivity index (χ3v) is 4.09. The van der Waals surface area contributed by atoms with E-state index in [0.29, 0.717) is 5.15 Å². The molecule has 0 saturated heterocycles. The SMILES string of the molecule is Clc1cncc(NCC2(c3ccccc3)CCC2)n1. The number of nitrogens with one attached hydrogen (secondary N) is 1. The first kappa shape index (κ1) is 12.4. The van der Waals surface area contributed by atoms with Gasteiger partial charge in [0.1, 0.15) is 11.0 Å². The van der Waals surface area contributed by atoms with Gasteiger partial charge in [0, 0.05) is 12.0 Å². The van der Waals surface area contributed by atoms with Gasteiger partial charge in [0.15, 0.2) is 0 Å². The normalized spacial score (nSPS) is 16.7. The number of hydrogen-bond acceptors (Lipinski definition) is 3. The zero-order chi connectivity index (χ0) is 13.1. The van der Waals surface area contributed by atoms with Crippen LogP contribution in [0.25, 0.3) is 0 Å². The molecule has 1 aromatic carbocycles. The standard InChI is InChI=1S/C15H16ClN3/c16-13-9-17-10-14(19-13)18-11-15(7-4-8-15)12-5-2-1-3-6-12/h1-3,5-6,9-10H,4,7-8,11H2,(H,18,19). The predicted octanol–water partition coefficient (Wildman–Crippen LogP) is 3.66. The van der Waals surface area contributed by atoms with E-state index in [4.69, 9.17) is 11.6 Å². The number of halogens is 1. The molecule has 0 unspecified atom stereocenters. The molecule has 1 N–H and O–H groups in total. The van der Waals surface area contributed by atoms with E-state index in [-0.39, 0.29) is 5.41 Å². The first-order valence-electron chi connectivity index (χ1n) is 6.55. The van der Waals surface area contributed by atoms with Crippen LogP contribution in [-0.2, 0) is 5.41 Å². The van der Waals surface area contributed by atoms with Gasteiger partial charge in [0.2, 0.25) is 0 Å². The highest BCUT2D eigenvalue weighted by molar-refractivity contribution is 6.29. The Morgan fingerprint density at radius 1 is 1.16 bits per heavy atom. The van der Waals surface area contributed by atoms with Gasteiger partial charge in [-0.2, -0.15) is 0 Å². The van der Waals surface area contributed by atoms with E-state index in [2.05, 4.69) is 45.6 Å². The minimum Gasteiger partial charge on any atom is -0.368 e. The molecule has 1 aliphatic carbocycles. The van der Waals surface area contributed by atoms with Gasteiger partial charge < -0.3 is 5.32 Å². The molecule has 2 aromatic rings. The summed E-state index contributed by atoms with van der Waals surface area (Å²) in [5.74, 6) is 0.745. The number of aromatic nitrogens is 2. The van der Waals surface area contributed by atoms with Crippen molar-refractivity contribution in [3.8, 4) is 0 Å². The predicted molar refractivity (Wildman–Crippen MR) is 77.5 cm³/mol. The van der Waals surface area contributed by atoms with Crippen molar-refractivity contribution in [1.29, 1.82) is 0 Å². The lowest BCUT2D eigenvalue weighted by Gasteiger charge is -2.42. The van der Waals surface area contributed by atoms with E-state index in [1.165, 1.54) is 24.8 Å². The molecule has 0 amide bonds. The van der Waals surface area contributed by atoms with Crippen LogP contribution in [0, 0.1) is 0 Å². The van der Waals surface area contributed by atoms with E-state index in [0.717, 1.165) is 12.4 Å². The Morgan fingerprint density at radius 2 is 1.95 bits per heavy atom. The van der Waals surface area contributed by atoms with Crippen LogP contribution in [0.3, 0.4) is 0 Å². The second kappa shape index (κ2) is 5.17. The van der Waals surface area contributed by atoms with Crippen molar-refractivity contribution >= 4 is 17.4 Å². The van der Waals surface area contributed by atoms with Gasteiger partial charge >= 0.3 is 0 Å². The minimum absolute atomic E-state index is 0.241. The van der Waals surface area contributed by atoms with Crippen molar-refractivity contribution in [2.75, 3.05) is 11.9 Å². The summed E-state index contributed by atoms with van der Waals surface area (Å²) in [5, 5.41) is 3.79. The summed E-state index contributed by atoms with van der Waals surface area (Å²) in [5.41, 5.74) is 1.65. The summed E-state index contributed by atoms with van der Waals surface area (Å²) in [6.45, 7) is 0.881. The molecular weight excluding hydrogens is 258 g/mol.